The standard InChI is InChI=1S/C48H31N3O3/c1-52-29-19-14-27(15-20-29)43-47(49-44-32-12-6-7-13-36(32)54-48(44)50-43)51-35-22-17-25-8-2-4-10-30(25)39(35)42-38-33(21-16-28-24-34(28)38)41-40-31-11-5-3-9-26(31)18-23-37(40)53-46(41)45(42)51/h2-23,28,34,41,46H,24H2,1H3/t28?,34-,41?,46?/m0/s1. The van der Waals surface area contributed by atoms with E-state index in [4.69, 9.17) is 23.9 Å². The molecule has 0 N–H and O–H groups in total. The third-order valence-electron chi connectivity index (χ3n) is 12.4. The summed E-state index contributed by atoms with van der Waals surface area (Å²) in [6, 6.07) is 42.6. The molecule has 0 spiro atoms. The maximum absolute atomic E-state index is 7.29. The quantitative estimate of drug-likeness (QED) is 0.184. The fourth-order valence-electron chi connectivity index (χ4n) is 9.94. The van der Waals surface area contributed by atoms with E-state index in [0.29, 0.717) is 17.5 Å². The first-order valence-electron chi connectivity index (χ1n) is 18.7. The molecule has 1 aliphatic heterocycles. The van der Waals surface area contributed by atoms with Crippen LogP contribution in [0.15, 0.2) is 143 Å². The molecule has 9 aromatic rings. The fourth-order valence-corrected chi connectivity index (χ4v) is 9.94. The number of furan rings is 1. The number of rotatable bonds is 3. The van der Waals surface area contributed by atoms with Crippen LogP contribution in [0, 0.1) is 11.8 Å². The van der Waals surface area contributed by atoms with Crippen LogP contribution in [-0.2, 0) is 0 Å². The van der Waals surface area contributed by atoms with Crippen molar-refractivity contribution >= 4 is 60.2 Å². The first-order chi connectivity index (χ1) is 26.7. The molecule has 0 bridgehead atoms. The molecule has 6 heteroatoms. The molecule has 3 aliphatic carbocycles. The lowest BCUT2D eigenvalue weighted by molar-refractivity contribution is 0.212. The van der Waals surface area contributed by atoms with Gasteiger partial charge >= 0.3 is 0 Å². The Bertz CT molecular complexity index is 3180. The number of ether oxygens (including phenoxy) is 2. The summed E-state index contributed by atoms with van der Waals surface area (Å²) in [4.78, 5) is 10.9. The number of para-hydroxylation sites is 1. The summed E-state index contributed by atoms with van der Waals surface area (Å²) in [5.41, 5.74) is 11.4. The van der Waals surface area contributed by atoms with Gasteiger partial charge in [-0.05, 0) is 99.5 Å². The number of hydrogen-bond donors (Lipinski definition) is 0. The minimum Gasteiger partial charge on any atom is -0.497 e. The monoisotopic (exact) mass is 697 g/mol. The molecule has 54 heavy (non-hydrogen) atoms. The molecule has 3 aromatic heterocycles. The highest BCUT2D eigenvalue weighted by atomic mass is 16.5. The topological polar surface area (TPSA) is 62.3 Å². The second-order valence-corrected chi connectivity index (χ2v) is 15.1. The van der Waals surface area contributed by atoms with Crippen LogP contribution in [0.2, 0.25) is 0 Å². The van der Waals surface area contributed by atoms with E-state index in [1.54, 1.807) is 7.11 Å². The summed E-state index contributed by atoms with van der Waals surface area (Å²) >= 11 is 0. The molecule has 4 aliphatic rings. The number of hydrogen-bond acceptors (Lipinski definition) is 5. The molecule has 6 aromatic carbocycles. The summed E-state index contributed by atoms with van der Waals surface area (Å²) < 4.78 is 21.7. The van der Waals surface area contributed by atoms with Crippen LogP contribution >= 0.6 is 0 Å². The average Bonchev–Trinajstić information content (AvgIpc) is 3.61. The lowest BCUT2D eigenvalue weighted by Crippen LogP contribution is -2.23. The maximum Gasteiger partial charge on any atom is 0.247 e. The van der Waals surface area contributed by atoms with E-state index < -0.39 is 0 Å². The van der Waals surface area contributed by atoms with Crippen molar-refractivity contribution < 1.29 is 13.9 Å². The molecular weight excluding hydrogens is 667 g/mol. The van der Waals surface area contributed by atoms with E-state index in [0.717, 1.165) is 62.7 Å². The van der Waals surface area contributed by atoms with E-state index in [1.807, 2.05) is 30.3 Å². The lowest BCUT2D eigenvalue weighted by Gasteiger charge is -2.33. The summed E-state index contributed by atoms with van der Waals surface area (Å²) in [6.45, 7) is 0. The third kappa shape index (κ3) is 3.69. The van der Waals surface area contributed by atoms with Crippen LogP contribution in [0.25, 0.3) is 77.3 Å². The fraction of sp³-hybridized carbons (Fsp3) is 0.125. The molecule has 4 heterocycles. The maximum atomic E-state index is 7.29. The smallest absolute Gasteiger partial charge is 0.247 e. The Morgan fingerprint density at radius 1 is 0.759 bits per heavy atom. The highest BCUT2D eigenvalue weighted by Crippen LogP contribution is 2.66. The number of methoxy groups -OCH3 is 1. The van der Waals surface area contributed by atoms with Gasteiger partial charge in [0.15, 0.2) is 11.9 Å². The number of allylic oxidation sites excluding steroid dienone is 3. The van der Waals surface area contributed by atoms with E-state index in [-0.39, 0.29) is 12.0 Å². The normalized spacial score (nSPS) is 20.6. The van der Waals surface area contributed by atoms with Crippen molar-refractivity contribution in [2.45, 2.75) is 18.4 Å². The van der Waals surface area contributed by atoms with E-state index in [9.17, 15) is 0 Å². The molecule has 1 fully saturated rings. The molecule has 0 amide bonds. The number of aromatic nitrogens is 3. The Hall–Kier alpha value is -6.66. The zero-order chi connectivity index (χ0) is 35.2. The predicted molar refractivity (Wildman–Crippen MR) is 213 cm³/mol. The van der Waals surface area contributed by atoms with Gasteiger partial charge in [0.1, 0.15) is 28.3 Å². The van der Waals surface area contributed by atoms with Gasteiger partial charge in [0, 0.05) is 27.5 Å². The Labute approximate surface area is 309 Å². The molecule has 3 unspecified atom stereocenters. The average molecular weight is 698 g/mol. The van der Waals surface area contributed by atoms with Crippen molar-refractivity contribution in [1.82, 2.24) is 14.5 Å². The van der Waals surface area contributed by atoms with Crippen molar-refractivity contribution in [3.05, 3.63) is 156 Å². The molecule has 4 atom stereocenters. The second-order valence-electron chi connectivity index (χ2n) is 15.1. The highest BCUT2D eigenvalue weighted by molar-refractivity contribution is 6.15. The summed E-state index contributed by atoms with van der Waals surface area (Å²) in [5.74, 6) is 3.54. The minimum atomic E-state index is -0.284. The van der Waals surface area contributed by atoms with E-state index in [2.05, 4.69) is 108 Å². The molecule has 0 saturated heterocycles. The van der Waals surface area contributed by atoms with E-state index >= 15 is 0 Å². The van der Waals surface area contributed by atoms with Gasteiger partial charge in [-0.15, -0.1) is 0 Å². The van der Waals surface area contributed by atoms with Crippen LogP contribution in [0.1, 0.15) is 35.3 Å². The highest BCUT2D eigenvalue weighted by Gasteiger charge is 2.53. The molecule has 0 radical (unpaired) electrons. The van der Waals surface area contributed by atoms with E-state index in [1.165, 1.54) is 49.2 Å². The lowest BCUT2D eigenvalue weighted by atomic mass is 9.72. The molecular formula is C48H31N3O3. The van der Waals surface area contributed by atoms with Crippen molar-refractivity contribution in [2.24, 2.45) is 11.8 Å². The number of benzene rings is 6. The van der Waals surface area contributed by atoms with Gasteiger partial charge in [0.2, 0.25) is 5.71 Å². The van der Waals surface area contributed by atoms with Gasteiger partial charge in [0.05, 0.1) is 24.2 Å². The van der Waals surface area contributed by atoms with Gasteiger partial charge in [0.25, 0.3) is 0 Å². The number of fused-ring (bicyclic) bond motifs is 18. The van der Waals surface area contributed by atoms with Crippen molar-refractivity contribution in [3.63, 3.8) is 0 Å². The molecule has 6 nitrogen and oxygen atoms in total. The van der Waals surface area contributed by atoms with Crippen LogP contribution in [0.3, 0.4) is 0 Å². The Kier molecular flexibility index (Phi) is 5.49. The van der Waals surface area contributed by atoms with Crippen molar-refractivity contribution in [2.75, 3.05) is 7.11 Å². The van der Waals surface area contributed by atoms with Gasteiger partial charge < -0.3 is 13.9 Å². The predicted octanol–water partition coefficient (Wildman–Crippen LogP) is 11.5. The molecule has 13 rings (SSSR count). The summed E-state index contributed by atoms with van der Waals surface area (Å²) in [6.07, 6.45) is 5.77. The Balaban J connectivity index is 1.21. The summed E-state index contributed by atoms with van der Waals surface area (Å²) in [5, 5.41) is 7.12. The Morgan fingerprint density at radius 3 is 2.37 bits per heavy atom. The molecule has 256 valence electrons. The van der Waals surface area contributed by atoms with Crippen LogP contribution in [-0.4, -0.2) is 21.6 Å². The minimum absolute atomic E-state index is 0.0246. The zero-order valence-corrected chi connectivity index (χ0v) is 29.3. The number of nitrogens with zero attached hydrogens (tertiary/aromatic N) is 3. The second kappa shape index (κ2) is 10.3. The third-order valence-corrected chi connectivity index (χ3v) is 12.4. The van der Waals surface area contributed by atoms with Crippen molar-refractivity contribution in [3.8, 4) is 28.6 Å². The largest absolute Gasteiger partial charge is 0.497 e. The van der Waals surface area contributed by atoms with Crippen LogP contribution in [0.5, 0.6) is 11.5 Å². The van der Waals surface area contributed by atoms with Crippen molar-refractivity contribution in [1.29, 1.82) is 0 Å². The summed E-state index contributed by atoms with van der Waals surface area (Å²) in [7, 11) is 1.69. The van der Waals surface area contributed by atoms with Gasteiger partial charge in [-0.2, -0.15) is 0 Å². The first kappa shape index (κ1) is 28.9. The van der Waals surface area contributed by atoms with Gasteiger partial charge in [-0.1, -0.05) is 84.9 Å². The first-order valence-corrected chi connectivity index (χ1v) is 18.7. The Morgan fingerprint density at radius 2 is 1.52 bits per heavy atom. The van der Waals surface area contributed by atoms with Crippen LogP contribution < -0.4 is 9.47 Å². The van der Waals surface area contributed by atoms with Gasteiger partial charge in [-0.25, -0.2) is 9.97 Å². The van der Waals surface area contributed by atoms with Gasteiger partial charge in [-0.3, -0.25) is 4.57 Å². The molecule has 1 saturated carbocycles. The zero-order valence-electron chi connectivity index (χ0n) is 29.3. The van der Waals surface area contributed by atoms with Crippen LogP contribution in [0.4, 0.5) is 0 Å². The SMILES string of the molecule is COc1ccc(-c2nc3oc4ccccc4c3nc2-n2c3c(c4c5ccccc5ccc42)C2=C(C=CC4C[C@H]24)C2c4c(ccc5ccccc45)OC32)cc1.